The molecule has 8 heteroatoms. The molecule has 0 spiro atoms. The number of morpholine rings is 1. The second kappa shape index (κ2) is 7.75. The van der Waals surface area contributed by atoms with Gasteiger partial charge in [0.25, 0.3) is 5.91 Å². The number of hydrogen-bond donors (Lipinski definition) is 2. The average molecular weight is 363 g/mol. The molecule has 3 rings (SSSR count). The van der Waals surface area contributed by atoms with Crippen LogP contribution in [0.25, 0.3) is 0 Å². The van der Waals surface area contributed by atoms with Crippen molar-refractivity contribution < 1.29 is 14.3 Å². The molecule has 0 saturated carbocycles. The zero-order valence-corrected chi connectivity index (χ0v) is 15.9. The molecule has 3 heterocycles. The van der Waals surface area contributed by atoms with Crippen LogP contribution in [0.5, 0.6) is 0 Å². The molecule has 1 unspecified atom stereocenters. The lowest BCUT2D eigenvalue weighted by Gasteiger charge is -2.36. The Bertz CT molecular complexity index is 647. The zero-order valence-electron chi connectivity index (χ0n) is 15.9. The van der Waals surface area contributed by atoms with Gasteiger partial charge < -0.3 is 15.0 Å². The Labute approximate surface area is 154 Å². The van der Waals surface area contributed by atoms with Crippen LogP contribution in [0.1, 0.15) is 43.4 Å². The maximum Gasteiger partial charge on any atom is 0.271 e. The van der Waals surface area contributed by atoms with Gasteiger partial charge in [-0.3, -0.25) is 19.6 Å². The highest BCUT2D eigenvalue weighted by Gasteiger charge is 2.27. The second-order valence-electron chi connectivity index (χ2n) is 8.09. The molecule has 2 N–H and O–H groups in total. The number of carbonyl (C=O) groups excluding carboxylic acids is 2. The van der Waals surface area contributed by atoms with E-state index in [1.807, 2.05) is 4.90 Å². The van der Waals surface area contributed by atoms with Crippen molar-refractivity contribution in [3.05, 3.63) is 17.5 Å². The number of amides is 2. The van der Waals surface area contributed by atoms with E-state index in [1.165, 1.54) is 0 Å². The summed E-state index contributed by atoms with van der Waals surface area (Å²) in [4.78, 5) is 28.4. The van der Waals surface area contributed by atoms with Gasteiger partial charge in [-0.1, -0.05) is 20.8 Å². The van der Waals surface area contributed by atoms with Crippen LogP contribution in [-0.2, 0) is 14.9 Å². The molecular weight excluding hydrogens is 334 g/mol. The van der Waals surface area contributed by atoms with Gasteiger partial charge in [-0.2, -0.15) is 5.10 Å². The quantitative estimate of drug-likeness (QED) is 0.789. The first-order valence-electron chi connectivity index (χ1n) is 9.29. The number of hydrogen-bond acceptors (Lipinski definition) is 5. The number of ether oxygens (including phenoxy) is 1. The number of likely N-dealkylation sites (tertiary alicyclic amines) is 1. The van der Waals surface area contributed by atoms with Crippen LogP contribution < -0.4 is 5.32 Å². The highest BCUT2D eigenvalue weighted by Crippen LogP contribution is 2.20. The smallest absolute Gasteiger partial charge is 0.271 e. The van der Waals surface area contributed by atoms with Crippen molar-refractivity contribution in [2.24, 2.45) is 0 Å². The summed E-state index contributed by atoms with van der Waals surface area (Å²) in [5.41, 5.74) is 1.23. The Hall–Kier alpha value is -1.93. The van der Waals surface area contributed by atoms with E-state index in [0.717, 1.165) is 31.7 Å². The highest BCUT2D eigenvalue weighted by molar-refractivity contribution is 5.92. The second-order valence-corrected chi connectivity index (χ2v) is 8.09. The van der Waals surface area contributed by atoms with Gasteiger partial charge in [-0.15, -0.1) is 0 Å². The van der Waals surface area contributed by atoms with E-state index in [0.29, 0.717) is 31.9 Å². The molecule has 1 atom stereocenters. The Kier molecular flexibility index (Phi) is 5.62. The summed E-state index contributed by atoms with van der Waals surface area (Å²) in [7, 11) is 0. The molecule has 2 aliphatic rings. The number of aromatic amines is 1. The first-order chi connectivity index (χ1) is 12.3. The minimum absolute atomic E-state index is 0.0818. The minimum Gasteiger partial charge on any atom is -0.374 e. The molecule has 144 valence electrons. The van der Waals surface area contributed by atoms with Crippen LogP contribution in [0, 0.1) is 0 Å². The van der Waals surface area contributed by atoms with Crippen molar-refractivity contribution in [1.82, 2.24) is 25.3 Å². The van der Waals surface area contributed by atoms with Gasteiger partial charge >= 0.3 is 0 Å². The third-order valence-electron chi connectivity index (χ3n) is 4.90. The first-order valence-corrected chi connectivity index (χ1v) is 9.29. The van der Waals surface area contributed by atoms with Crippen molar-refractivity contribution in [1.29, 1.82) is 0 Å². The molecular formula is C18H29N5O3. The molecule has 0 radical (unpaired) electrons. The van der Waals surface area contributed by atoms with Gasteiger partial charge in [0.2, 0.25) is 5.91 Å². The molecule has 0 aliphatic carbocycles. The van der Waals surface area contributed by atoms with Crippen LogP contribution in [-0.4, -0.2) is 83.8 Å². The van der Waals surface area contributed by atoms with Gasteiger partial charge in [0, 0.05) is 43.8 Å². The number of carbonyl (C=O) groups is 2. The van der Waals surface area contributed by atoms with Crippen LogP contribution in [0.2, 0.25) is 0 Å². The number of nitrogens with one attached hydrogen (secondary N) is 2. The molecule has 8 nitrogen and oxygen atoms in total. The fourth-order valence-corrected chi connectivity index (χ4v) is 3.02. The summed E-state index contributed by atoms with van der Waals surface area (Å²) in [5.74, 6) is -0.0266. The van der Waals surface area contributed by atoms with E-state index in [-0.39, 0.29) is 23.3 Å². The van der Waals surface area contributed by atoms with E-state index >= 15 is 0 Å². The Morgan fingerprint density at radius 3 is 2.73 bits per heavy atom. The molecule has 2 saturated heterocycles. The molecule has 2 aliphatic heterocycles. The number of aromatic nitrogens is 2. The van der Waals surface area contributed by atoms with Gasteiger partial charge in [-0.25, -0.2) is 0 Å². The Morgan fingerprint density at radius 1 is 1.35 bits per heavy atom. The maximum absolute atomic E-state index is 12.3. The topological polar surface area (TPSA) is 90.6 Å². The van der Waals surface area contributed by atoms with Gasteiger partial charge in [0.05, 0.1) is 19.3 Å². The summed E-state index contributed by atoms with van der Waals surface area (Å²) in [5, 5.41) is 9.90. The van der Waals surface area contributed by atoms with Crippen LogP contribution in [0.3, 0.4) is 0 Å². The molecule has 1 aromatic rings. The predicted molar refractivity (Wildman–Crippen MR) is 97.0 cm³/mol. The van der Waals surface area contributed by atoms with Crippen molar-refractivity contribution in [2.45, 2.75) is 38.7 Å². The molecule has 1 aromatic heterocycles. The third-order valence-corrected chi connectivity index (χ3v) is 4.90. The monoisotopic (exact) mass is 363 g/mol. The number of rotatable bonds is 5. The van der Waals surface area contributed by atoms with Crippen LogP contribution in [0.15, 0.2) is 6.07 Å². The van der Waals surface area contributed by atoms with Gasteiger partial charge in [-0.05, 0) is 12.5 Å². The first kappa shape index (κ1) is 18.8. The van der Waals surface area contributed by atoms with E-state index in [2.05, 4.69) is 41.2 Å². The molecule has 2 amide bonds. The summed E-state index contributed by atoms with van der Waals surface area (Å²) >= 11 is 0. The lowest BCUT2D eigenvalue weighted by Crippen LogP contribution is -2.52. The van der Waals surface area contributed by atoms with Crippen molar-refractivity contribution in [3.8, 4) is 0 Å². The normalized spacial score (nSPS) is 21.3. The van der Waals surface area contributed by atoms with Crippen molar-refractivity contribution >= 4 is 11.8 Å². The fourth-order valence-electron chi connectivity index (χ4n) is 3.02. The number of nitrogens with zero attached hydrogens (tertiary/aromatic N) is 3. The standard InChI is InChI=1S/C18H29N5O3/c1-18(2,3)15-9-14(20-21-15)17(25)19-10-13-11-22(7-8-26-13)12-16(24)23-5-4-6-23/h9,13H,4-8,10-12H2,1-3H3,(H,19,25)(H,20,21). The van der Waals surface area contributed by atoms with Crippen molar-refractivity contribution in [3.63, 3.8) is 0 Å². The maximum atomic E-state index is 12.3. The molecule has 2 fully saturated rings. The van der Waals surface area contributed by atoms with Crippen molar-refractivity contribution in [2.75, 3.05) is 45.9 Å². The minimum atomic E-state index is -0.214. The van der Waals surface area contributed by atoms with E-state index in [1.54, 1.807) is 6.07 Å². The zero-order chi connectivity index (χ0) is 18.7. The molecule has 26 heavy (non-hydrogen) atoms. The summed E-state index contributed by atoms with van der Waals surface area (Å²) in [6.07, 6.45) is 0.992. The predicted octanol–water partition coefficient (Wildman–Crippen LogP) is 0.370. The largest absolute Gasteiger partial charge is 0.374 e. The van der Waals surface area contributed by atoms with Crippen LogP contribution >= 0.6 is 0 Å². The number of H-pyrrole nitrogens is 1. The van der Waals surface area contributed by atoms with Gasteiger partial charge in [0.15, 0.2) is 0 Å². The average Bonchev–Trinajstić information content (AvgIpc) is 3.01. The summed E-state index contributed by atoms with van der Waals surface area (Å²) in [6.45, 7) is 10.8. The van der Waals surface area contributed by atoms with Gasteiger partial charge in [0.1, 0.15) is 5.69 Å². The summed E-state index contributed by atoms with van der Waals surface area (Å²) < 4.78 is 5.73. The van der Waals surface area contributed by atoms with E-state index < -0.39 is 0 Å². The lowest BCUT2D eigenvalue weighted by atomic mass is 9.92. The fraction of sp³-hybridized carbons (Fsp3) is 0.722. The Morgan fingerprint density at radius 2 is 2.12 bits per heavy atom. The highest BCUT2D eigenvalue weighted by atomic mass is 16.5. The third kappa shape index (κ3) is 4.62. The molecule has 0 aromatic carbocycles. The SMILES string of the molecule is CC(C)(C)c1cc(C(=O)NCC2CN(CC(=O)N3CCC3)CCO2)n[nH]1. The van der Waals surface area contributed by atoms with E-state index in [9.17, 15) is 9.59 Å². The Balaban J connectivity index is 1.45. The van der Waals surface area contributed by atoms with Crippen LogP contribution in [0.4, 0.5) is 0 Å². The molecule has 0 bridgehead atoms. The lowest BCUT2D eigenvalue weighted by molar-refractivity contribution is -0.137. The summed E-state index contributed by atoms with van der Waals surface area (Å²) in [6, 6.07) is 1.79. The van der Waals surface area contributed by atoms with E-state index in [4.69, 9.17) is 4.74 Å².